The van der Waals surface area contributed by atoms with Gasteiger partial charge in [0, 0.05) is 28.9 Å². The quantitative estimate of drug-likeness (QED) is 0.216. The molecule has 0 fully saturated rings. The first-order valence-corrected chi connectivity index (χ1v) is 15.9. The molecular formula is C44H31NO. The van der Waals surface area contributed by atoms with Crippen LogP contribution < -0.4 is 4.90 Å². The molecule has 2 heteroatoms. The highest BCUT2D eigenvalue weighted by Gasteiger charge is 2.31. The summed E-state index contributed by atoms with van der Waals surface area (Å²) in [7, 11) is 0. The first-order valence-electron chi connectivity index (χ1n) is 15.9. The molecule has 0 radical (unpaired) electrons. The van der Waals surface area contributed by atoms with Gasteiger partial charge in [-0.15, -0.1) is 0 Å². The molecule has 0 amide bonds. The van der Waals surface area contributed by atoms with Gasteiger partial charge in [-0.25, -0.2) is 0 Å². The number of hydrogen-bond donors (Lipinski definition) is 1. The summed E-state index contributed by atoms with van der Waals surface area (Å²) in [5.41, 5.74) is 16.4. The van der Waals surface area contributed by atoms with Crippen LogP contribution >= 0.6 is 0 Å². The largest absolute Gasteiger partial charge is 0.508 e. The Bertz CT molecular complexity index is 1980. The zero-order valence-corrected chi connectivity index (χ0v) is 25.2. The Morgan fingerprint density at radius 3 is 0.935 bits per heavy atom. The standard InChI is InChI=1S/C44H31NO/c46-34-27-25-33(26-28-34)45(31-21-17-29(18-22-31)43-39-13-5-1-9-35(39)36-10-2-6-14-40(36)43)32-23-19-30(20-24-32)44-41-15-7-3-11-37(41)38-12-4-8-16-42(38)44/h1-28,43-44,46H. The van der Waals surface area contributed by atoms with Gasteiger partial charge in [0.05, 0.1) is 0 Å². The van der Waals surface area contributed by atoms with Gasteiger partial charge < -0.3 is 10.0 Å². The lowest BCUT2D eigenvalue weighted by atomic mass is 9.89. The minimum absolute atomic E-state index is 0.208. The SMILES string of the molecule is Oc1ccc(N(c2ccc(C3c4ccccc4-c4ccccc43)cc2)c2ccc(C3c4ccccc4-c4ccccc43)cc2)cc1. The molecule has 0 heterocycles. The van der Waals surface area contributed by atoms with Gasteiger partial charge in [0.25, 0.3) is 0 Å². The zero-order valence-electron chi connectivity index (χ0n) is 25.2. The number of phenols is 1. The number of phenolic OH excluding ortho intramolecular Hbond substituents is 1. The summed E-state index contributed by atoms with van der Waals surface area (Å²) in [5, 5.41) is 10.1. The summed E-state index contributed by atoms with van der Waals surface area (Å²) in [6.07, 6.45) is 0. The maximum Gasteiger partial charge on any atom is 0.115 e. The van der Waals surface area contributed by atoms with Crippen LogP contribution in [-0.2, 0) is 0 Å². The van der Waals surface area contributed by atoms with Crippen LogP contribution in [0.5, 0.6) is 5.75 Å². The van der Waals surface area contributed by atoms with Gasteiger partial charge in [-0.1, -0.05) is 121 Å². The van der Waals surface area contributed by atoms with Crippen LogP contribution in [0.15, 0.2) is 170 Å². The Morgan fingerprint density at radius 2 is 0.609 bits per heavy atom. The lowest BCUT2D eigenvalue weighted by molar-refractivity contribution is 0.475. The minimum Gasteiger partial charge on any atom is -0.508 e. The van der Waals surface area contributed by atoms with Crippen molar-refractivity contribution in [3.05, 3.63) is 203 Å². The van der Waals surface area contributed by atoms with Crippen LogP contribution in [0.25, 0.3) is 22.3 Å². The van der Waals surface area contributed by atoms with E-state index in [0.717, 1.165) is 17.1 Å². The lowest BCUT2D eigenvalue weighted by Gasteiger charge is -2.27. The molecule has 0 unspecified atom stereocenters. The van der Waals surface area contributed by atoms with Crippen LogP contribution in [-0.4, -0.2) is 5.11 Å². The summed E-state index contributed by atoms with van der Waals surface area (Å²) in [6.45, 7) is 0. The minimum atomic E-state index is 0.208. The maximum absolute atomic E-state index is 10.1. The molecule has 0 spiro atoms. The van der Waals surface area contributed by atoms with Crippen molar-refractivity contribution in [3.8, 4) is 28.0 Å². The van der Waals surface area contributed by atoms with E-state index in [4.69, 9.17) is 0 Å². The van der Waals surface area contributed by atoms with Gasteiger partial charge in [0.1, 0.15) is 5.75 Å². The third-order valence-electron chi connectivity index (χ3n) is 9.74. The predicted molar refractivity (Wildman–Crippen MR) is 188 cm³/mol. The van der Waals surface area contributed by atoms with Gasteiger partial charge in [-0.05, 0) is 104 Å². The summed E-state index contributed by atoms with van der Waals surface area (Å²) < 4.78 is 0. The number of benzene rings is 7. The monoisotopic (exact) mass is 589 g/mol. The lowest BCUT2D eigenvalue weighted by Crippen LogP contribution is -2.10. The van der Waals surface area contributed by atoms with Crippen molar-refractivity contribution in [1.29, 1.82) is 0 Å². The molecule has 2 nitrogen and oxygen atoms in total. The van der Waals surface area contributed by atoms with E-state index in [1.54, 1.807) is 12.1 Å². The fourth-order valence-corrected chi connectivity index (χ4v) is 7.71. The maximum atomic E-state index is 10.1. The predicted octanol–water partition coefficient (Wildman–Crippen LogP) is 11.2. The molecule has 0 saturated carbocycles. The van der Waals surface area contributed by atoms with Gasteiger partial charge in [-0.3, -0.25) is 0 Å². The first-order chi connectivity index (χ1) is 22.7. The average Bonchev–Trinajstić information content (AvgIpc) is 3.63. The van der Waals surface area contributed by atoms with E-state index >= 15 is 0 Å². The van der Waals surface area contributed by atoms with E-state index < -0.39 is 0 Å². The van der Waals surface area contributed by atoms with Crippen molar-refractivity contribution < 1.29 is 5.11 Å². The van der Waals surface area contributed by atoms with Gasteiger partial charge in [0.2, 0.25) is 0 Å². The zero-order chi connectivity index (χ0) is 30.6. The highest BCUT2D eigenvalue weighted by atomic mass is 16.3. The van der Waals surface area contributed by atoms with Gasteiger partial charge in [0.15, 0.2) is 0 Å². The normalized spacial score (nSPS) is 13.1. The summed E-state index contributed by atoms with van der Waals surface area (Å²) in [6, 6.07) is 60.5. The second-order valence-corrected chi connectivity index (χ2v) is 12.2. The third kappa shape index (κ3) is 4.18. The fourth-order valence-electron chi connectivity index (χ4n) is 7.71. The Balaban J connectivity index is 1.10. The number of rotatable bonds is 5. The molecule has 7 aromatic rings. The molecule has 0 saturated heterocycles. The van der Waals surface area contributed by atoms with E-state index in [-0.39, 0.29) is 17.6 Å². The number of nitrogens with zero attached hydrogens (tertiary/aromatic N) is 1. The molecule has 218 valence electrons. The second kappa shape index (κ2) is 10.6. The summed E-state index contributed by atoms with van der Waals surface area (Å²) in [4.78, 5) is 2.26. The fraction of sp³-hybridized carbons (Fsp3) is 0.0455. The highest BCUT2D eigenvalue weighted by molar-refractivity contribution is 5.83. The molecule has 2 aliphatic carbocycles. The molecule has 46 heavy (non-hydrogen) atoms. The van der Waals surface area contributed by atoms with Crippen molar-refractivity contribution in [3.63, 3.8) is 0 Å². The van der Waals surface area contributed by atoms with Crippen molar-refractivity contribution in [2.75, 3.05) is 4.90 Å². The van der Waals surface area contributed by atoms with Crippen molar-refractivity contribution in [1.82, 2.24) is 0 Å². The van der Waals surface area contributed by atoms with E-state index in [2.05, 4.69) is 150 Å². The van der Waals surface area contributed by atoms with Gasteiger partial charge >= 0.3 is 0 Å². The molecule has 0 aliphatic heterocycles. The number of hydrogen-bond acceptors (Lipinski definition) is 2. The molecule has 1 N–H and O–H groups in total. The van der Waals surface area contributed by atoms with Crippen LogP contribution in [0, 0.1) is 0 Å². The molecule has 7 aromatic carbocycles. The van der Waals surface area contributed by atoms with E-state index in [1.165, 1.54) is 55.6 Å². The van der Waals surface area contributed by atoms with Crippen molar-refractivity contribution >= 4 is 17.1 Å². The Kier molecular flexibility index (Phi) is 6.14. The van der Waals surface area contributed by atoms with Crippen molar-refractivity contribution in [2.45, 2.75) is 11.8 Å². The van der Waals surface area contributed by atoms with Crippen LogP contribution in [0.2, 0.25) is 0 Å². The smallest absolute Gasteiger partial charge is 0.115 e. The number of aromatic hydroxyl groups is 1. The Labute approximate surface area is 269 Å². The highest BCUT2D eigenvalue weighted by Crippen LogP contribution is 2.50. The van der Waals surface area contributed by atoms with E-state index in [0.29, 0.717) is 0 Å². The number of fused-ring (bicyclic) bond motifs is 6. The third-order valence-corrected chi connectivity index (χ3v) is 9.74. The molecule has 0 aromatic heterocycles. The topological polar surface area (TPSA) is 23.5 Å². The summed E-state index contributed by atoms with van der Waals surface area (Å²) in [5.74, 6) is 0.673. The molecule has 9 rings (SSSR count). The molecule has 0 bridgehead atoms. The average molecular weight is 590 g/mol. The van der Waals surface area contributed by atoms with Crippen LogP contribution in [0.3, 0.4) is 0 Å². The number of anilines is 3. The first kappa shape index (κ1) is 26.5. The second-order valence-electron chi connectivity index (χ2n) is 12.2. The Morgan fingerprint density at radius 1 is 0.326 bits per heavy atom. The molecular weight excluding hydrogens is 558 g/mol. The van der Waals surface area contributed by atoms with Crippen molar-refractivity contribution in [2.24, 2.45) is 0 Å². The Hall–Kier alpha value is -5.86. The van der Waals surface area contributed by atoms with Gasteiger partial charge in [-0.2, -0.15) is 0 Å². The summed E-state index contributed by atoms with van der Waals surface area (Å²) >= 11 is 0. The van der Waals surface area contributed by atoms with E-state index in [9.17, 15) is 5.11 Å². The van der Waals surface area contributed by atoms with E-state index in [1.807, 2.05) is 12.1 Å². The molecule has 0 atom stereocenters. The van der Waals surface area contributed by atoms with Crippen LogP contribution in [0.4, 0.5) is 17.1 Å². The van der Waals surface area contributed by atoms with Crippen LogP contribution in [0.1, 0.15) is 45.2 Å². The molecule has 2 aliphatic rings.